The zero-order valence-electron chi connectivity index (χ0n) is 11.7. The summed E-state index contributed by atoms with van der Waals surface area (Å²) < 4.78 is 3.80. The van der Waals surface area contributed by atoms with Crippen molar-refractivity contribution in [3.63, 3.8) is 0 Å². The van der Waals surface area contributed by atoms with Crippen LogP contribution in [0.5, 0.6) is 0 Å². The lowest BCUT2D eigenvalue weighted by Crippen LogP contribution is -2.05. The Balaban J connectivity index is 1.69. The molecule has 0 radical (unpaired) electrons. The van der Waals surface area contributed by atoms with E-state index in [-0.39, 0.29) is 0 Å². The van der Waals surface area contributed by atoms with Gasteiger partial charge in [0.25, 0.3) is 0 Å². The molecule has 0 aliphatic carbocycles. The lowest BCUT2D eigenvalue weighted by atomic mass is 10.3. The van der Waals surface area contributed by atoms with E-state index in [2.05, 4.69) is 15.3 Å². The molecule has 108 valence electrons. The van der Waals surface area contributed by atoms with Crippen molar-refractivity contribution in [2.75, 3.05) is 0 Å². The van der Waals surface area contributed by atoms with Crippen molar-refractivity contribution in [3.05, 3.63) is 54.1 Å². The van der Waals surface area contributed by atoms with Gasteiger partial charge in [-0.2, -0.15) is 5.10 Å². The number of thioether (sulfide) groups is 1. The number of nitrogens with two attached hydrogens (primary N) is 1. The number of para-hydroxylation sites is 1. The summed E-state index contributed by atoms with van der Waals surface area (Å²) in [5.74, 6) is 1.58. The van der Waals surface area contributed by atoms with Gasteiger partial charge in [-0.3, -0.25) is 0 Å². The quantitative estimate of drug-likeness (QED) is 0.727. The molecule has 2 heterocycles. The maximum atomic E-state index is 5.59. The highest BCUT2D eigenvalue weighted by Crippen LogP contribution is 2.21. The van der Waals surface area contributed by atoms with Gasteiger partial charge in [0.05, 0.1) is 18.4 Å². The first-order valence-electron chi connectivity index (χ1n) is 6.58. The van der Waals surface area contributed by atoms with Gasteiger partial charge in [-0.1, -0.05) is 30.0 Å². The van der Waals surface area contributed by atoms with Crippen LogP contribution >= 0.6 is 11.8 Å². The predicted molar refractivity (Wildman–Crippen MR) is 82.0 cm³/mol. The molecule has 6 nitrogen and oxygen atoms in total. The summed E-state index contributed by atoms with van der Waals surface area (Å²) in [6.07, 6.45) is 3.91. The van der Waals surface area contributed by atoms with Crippen LogP contribution in [0, 0.1) is 0 Å². The van der Waals surface area contributed by atoms with E-state index in [0.717, 1.165) is 28.0 Å². The lowest BCUT2D eigenvalue weighted by molar-refractivity contribution is 0.734. The normalized spacial score (nSPS) is 11.0. The molecule has 0 aliphatic heterocycles. The van der Waals surface area contributed by atoms with Crippen molar-refractivity contribution < 1.29 is 0 Å². The zero-order chi connectivity index (χ0) is 14.7. The smallest absolute Gasteiger partial charge is 0.191 e. The Morgan fingerprint density at radius 3 is 2.71 bits per heavy atom. The summed E-state index contributed by atoms with van der Waals surface area (Å²) in [5, 5.41) is 13.4. The van der Waals surface area contributed by atoms with Crippen molar-refractivity contribution in [2.45, 2.75) is 17.5 Å². The summed E-state index contributed by atoms with van der Waals surface area (Å²) in [7, 11) is 1.93. The number of benzene rings is 1. The van der Waals surface area contributed by atoms with Gasteiger partial charge in [-0.15, -0.1) is 10.2 Å². The van der Waals surface area contributed by atoms with E-state index in [1.807, 2.05) is 59.0 Å². The molecule has 2 aromatic heterocycles. The van der Waals surface area contributed by atoms with Crippen LogP contribution in [0.2, 0.25) is 0 Å². The van der Waals surface area contributed by atoms with Crippen LogP contribution < -0.4 is 5.73 Å². The first-order chi connectivity index (χ1) is 10.3. The first kappa shape index (κ1) is 13.8. The molecule has 21 heavy (non-hydrogen) atoms. The van der Waals surface area contributed by atoms with Gasteiger partial charge in [0, 0.05) is 24.6 Å². The van der Waals surface area contributed by atoms with Crippen LogP contribution in [-0.2, 0) is 19.3 Å². The Morgan fingerprint density at radius 1 is 1.19 bits per heavy atom. The third-order valence-electron chi connectivity index (χ3n) is 3.13. The van der Waals surface area contributed by atoms with Gasteiger partial charge in [-0.05, 0) is 12.1 Å². The van der Waals surface area contributed by atoms with Crippen LogP contribution in [0.3, 0.4) is 0 Å². The van der Waals surface area contributed by atoms with E-state index >= 15 is 0 Å². The third-order valence-corrected chi connectivity index (χ3v) is 4.22. The van der Waals surface area contributed by atoms with E-state index in [0.29, 0.717) is 6.54 Å². The Bertz CT molecular complexity index is 718. The SMILES string of the molecule is Cn1c(CN)nnc1SCc1cnn(-c2ccccc2)c1. The monoisotopic (exact) mass is 300 g/mol. The van der Waals surface area contributed by atoms with Crippen LogP contribution in [0.15, 0.2) is 47.9 Å². The van der Waals surface area contributed by atoms with Gasteiger partial charge in [0.1, 0.15) is 5.82 Å². The molecule has 3 aromatic rings. The molecule has 0 aliphatic rings. The first-order valence-corrected chi connectivity index (χ1v) is 7.56. The highest BCUT2D eigenvalue weighted by molar-refractivity contribution is 7.98. The van der Waals surface area contributed by atoms with Crippen molar-refractivity contribution >= 4 is 11.8 Å². The average molecular weight is 300 g/mol. The number of hydrogen-bond donors (Lipinski definition) is 1. The minimum atomic E-state index is 0.399. The number of aromatic nitrogens is 5. The van der Waals surface area contributed by atoms with Gasteiger partial charge in [-0.25, -0.2) is 4.68 Å². The van der Waals surface area contributed by atoms with Gasteiger partial charge < -0.3 is 10.3 Å². The second-order valence-electron chi connectivity index (χ2n) is 4.58. The van der Waals surface area contributed by atoms with Crippen molar-refractivity contribution in [1.29, 1.82) is 0 Å². The Morgan fingerprint density at radius 2 is 2.00 bits per heavy atom. The molecular weight excluding hydrogens is 284 g/mol. The summed E-state index contributed by atoms with van der Waals surface area (Å²) >= 11 is 1.63. The maximum Gasteiger partial charge on any atom is 0.191 e. The third kappa shape index (κ3) is 2.98. The number of hydrogen-bond acceptors (Lipinski definition) is 5. The largest absolute Gasteiger partial charge is 0.324 e. The molecule has 0 fully saturated rings. The maximum absolute atomic E-state index is 5.59. The van der Waals surface area contributed by atoms with Crippen molar-refractivity contribution in [3.8, 4) is 5.69 Å². The summed E-state index contributed by atoms with van der Waals surface area (Å²) in [6.45, 7) is 0.399. The van der Waals surface area contributed by atoms with Gasteiger partial charge in [0.15, 0.2) is 5.16 Å². The molecule has 0 unspecified atom stereocenters. The fraction of sp³-hybridized carbons (Fsp3) is 0.214. The molecule has 0 saturated carbocycles. The molecule has 2 N–H and O–H groups in total. The topological polar surface area (TPSA) is 74.6 Å². The predicted octanol–water partition coefficient (Wildman–Crippen LogP) is 1.75. The highest BCUT2D eigenvalue weighted by atomic mass is 32.2. The molecule has 0 saturated heterocycles. The Hall–Kier alpha value is -2.12. The molecular formula is C14H16N6S. The molecule has 7 heteroatoms. The van der Waals surface area contributed by atoms with Crippen LogP contribution in [0.4, 0.5) is 0 Å². The summed E-state index contributed by atoms with van der Waals surface area (Å²) in [4.78, 5) is 0. The van der Waals surface area contributed by atoms with Gasteiger partial charge in [0.2, 0.25) is 0 Å². The van der Waals surface area contributed by atoms with Crippen LogP contribution in [-0.4, -0.2) is 24.5 Å². The van der Waals surface area contributed by atoms with E-state index in [9.17, 15) is 0 Å². The lowest BCUT2D eigenvalue weighted by Gasteiger charge is -2.01. The summed E-state index contributed by atoms with van der Waals surface area (Å²) in [6, 6.07) is 10.0. The molecule has 1 aromatic carbocycles. The highest BCUT2D eigenvalue weighted by Gasteiger charge is 2.09. The van der Waals surface area contributed by atoms with E-state index in [1.54, 1.807) is 11.8 Å². The van der Waals surface area contributed by atoms with E-state index in [4.69, 9.17) is 5.73 Å². The average Bonchev–Trinajstić information content (AvgIpc) is 3.13. The molecule has 0 spiro atoms. The second-order valence-corrected chi connectivity index (χ2v) is 5.52. The minimum absolute atomic E-state index is 0.399. The summed E-state index contributed by atoms with van der Waals surface area (Å²) in [5.41, 5.74) is 7.79. The molecule has 0 bridgehead atoms. The second kappa shape index (κ2) is 6.11. The zero-order valence-corrected chi connectivity index (χ0v) is 12.5. The van der Waals surface area contributed by atoms with E-state index in [1.165, 1.54) is 0 Å². The van der Waals surface area contributed by atoms with Crippen molar-refractivity contribution in [2.24, 2.45) is 12.8 Å². The Labute approximate surface area is 127 Å². The van der Waals surface area contributed by atoms with Gasteiger partial charge >= 0.3 is 0 Å². The van der Waals surface area contributed by atoms with Crippen LogP contribution in [0.1, 0.15) is 11.4 Å². The Kier molecular flexibility index (Phi) is 4.03. The molecule has 0 amide bonds. The van der Waals surface area contributed by atoms with Crippen LogP contribution in [0.25, 0.3) is 5.69 Å². The molecule has 3 rings (SSSR count). The van der Waals surface area contributed by atoms with Crippen molar-refractivity contribution in [1.82, 2.24) is 24.5 Å². The fourth-order valence-corrected chi connectivity index (χ4v) is 2.80. The number of nitrogens with zero attached hydrogens (tertiary/aromatic N) is 5. The fourth-order valence-electron chi connectivity index (χ4n) is 1.95. The minimum Gasteiger partial charge on any atom is -0.324 e. The standard InChI is InChI=1S/C14H16N6S/c1-19-13(7-15)17-18-14(19)21-10-11-8-16-20(9-11)12-5-3-2-4-6-12/h2-6,8-9H,7,10,15H2,1H3. The number of rotatable bonds is 5. The van der Waals surface area contributed by atoms with E-state index < -0.39 is 0 Å². The molecule has 0 atom stereocenters.